The van der Waals surface area contributed by atoms with Gasteiger partial charge >= 0.3 is 0 Å². The second-order valence-corrected chi connectivity index (χ2v) is 10.5. The summed E-state index contributed by atoms with van der Waals surface area (Å²) in [5.74, 6) is 0.115. The summed E-state index contributed by atoms with van der Waals surface area (Å²) < 4.78 is 32.0. The smallest absolute Gasteiger partial charge is 0.263 e. The molecule has 0 aromatic heterocycles. The van der Waals surface area contributed by atoms with Gasteiger partial charge in [-0.25, -0.2) is 8.42 Å². The van der Waals surface area contributed by atoms with Crippen LogP contribution in [0.4, 0.5) is 5.69 Å². The average molecular weight is 443 g/mol. The summed E-state index contributed by atoms with van der Waals surface area (Å²) in [6.07, 6.45) is 5.62. The van der Waals surface area contributed by atoms with E-state index in [1.165, 1.54) is 28.3 Å². The lowest BCUT2D eigenvalue weighted by Gasteiger charge is -2.34. The zero-order valence-electron chi connectivity index (χ0n) is 18.3. The van der Waals surface area contributed by atoms with Gasteiger partial charge in [0.05, 0.1) is 24.5 Å². The highest BCUT2D eigenvalue weighted by atomic mass is 32.2. The predicted octanol–water partition coefficient (Wildman–Crippen LogP) is 3.67. The number of fused-ring (bicyclic) bond motifs is 2. The van der Waals surface area contributed by atoms with E-state index in [-0.39, 0.29) is 18.5 Å². The number of anilines is 1. The molecule has 1 aliphatic carbocycles. The molecule has 0 unspecified atom stereocenters. The number of hydrogen-bond donors (Lipinski definition) is 1. The fraction of sp³-hybridized carbons (Fsp3) is 0.458. The SMILES string of the molecule is CC[C@@H](NC(=O)[C@@H]1CN(S(C)(=O)=O)c2ccc(C)cc2O1)c1ccc2c(c1)CCCC2. The first-order valence-corrected chi connectivity index (χ1v) is 12.8. The molecular weight excluding hydrogens is 412 g/mol. The van der Waals surface area contributed by atoms with Crippen molar-refractivity contribution in [2.45, 2.75) is 58.1 Å². The van der Waals surface area contributed by atoms with Crippen LogP contribution < -0.4 is 14.4 Å². The normalized spacial score (nSPS) is 19.1. The highest BCUT2D eigenvalue weighted by Gasteiger charge is 2.35. The topological polar surface area (TPSA) is 75.7 Å². The Balaban J connectivity index is 1.56. The monoisotopic (exact) mass is 442 g/mol. The Bertz CT molecular complexity index is 1100. The van der Waals surface area contributed by atoms with Crippen molar-refractivity contribution in [3.05, 3.63) is 58.7 Å². The first kappa shape index (κ1) is 21.7. The maximum absolute atomic E-state index is 13.1. The Labute approximate surface area is 184 Å². The van der Waals surface area contributed by atoms with Crippen molar-refractivity contribution < 1.29 is 17.9 Å². The molecule has 2 aromatic carbocycles. The van der Waals surface area contributed by atoms with Crippen LogP contribution in [0.5, 0.6) is 5.75 Å². The van der Waals surface area contributed by atoms with E-state index in [2.05, 4.69) is 23.5 Å². The summed E-state index contributed by atoms with van der Waals surface area (Å²) in [6.45, 7) is 3.90. The summed E-state index contributed by atoms with van der Waals surface area (Å²) in [4.78, 5) is 13.1. The van der Waals surface area contributed by atoms with E-state index in [0.717, 1.165) is 36.6 Å². The number of nitrogens with zero attached hydrogens (tertiary/aromatic N) is 1. The molecule has 0 bridgehead atoms. The van der Waals surface area contributed by atoms with Crippen molar-refractivity contribution in [3.8, 4) is 5.75 Å². The number of aryl methyl sites for hydroxylation is 3. The van der Waals surface area contributed by atoms with E-state index in [4.69, 9.17) is 4.74 Å². The first-order chi connectivity index (χ1) is 14.8. The number of hydrogen-bond acceptors (Lipinski definition) is 4. The molecule has 1 N–H and O–H groups in total. The number of carbonyl (C=O) groups is 1. The molecule has 2 aliphatic rings. The highest BCUT2D eigenvalue weighted by Crippen LogP contribution is 2.36. The lowest BCUT2D eigenvalue weighted by atomic mass is 9.88. The van der Waals surface area contributed by atoms with Crippen LogP contribution in [0.3, 0.4) is 0 Å². The molecule has 1 aliphatic heterocycles. The van der Waals surface area contributed by atoms with Crippen molar-refractivity contribution in [2.24, 2.45) is 0 Å². The van der Waals surface area contributed by atoms with Crippen LogP contribution in [0.25, 0.3) is 0 Å². The molecule has 6 nitrogen and oxygen atoms in total. The van der Waals surface area contributed by atoms with Crippen LogP contribution in [-0.4, -0.2) is 33.2 Å². The van der Waals surface area contributed by atoms with Crippen LogP contribution in [0.1, 0.15) is 54.5 Å². The van der Waals surface area contributed by atoms with Gasteiger partial charge in [0, 0.05) is 0 Å². The molecule has 0 fully saturated rings. The predicted molar refractivity (Wildman–Crippen MR) is 122 cm³/mol. The van der Waals surface area contributed by atoms with Crippen molar-refractivity contribution >= 4 is 21.6 Å². The number of sulfonamides is 1. The average Bonchev–Trinajstić information content (AvgIpc) is 2.75. The van der Waals surface area contributed by atoms with Gasteiger partial charge in [0.2, 0.25) is 10.0 Å². The largest absolute Gasteiger partial charge is 0.476 e. The van der Waals surface area contributed by atoms with Crippen LogP contribution in [0.15, 0.2) is 36.4 Å². The van der Waals surface area contributed by atoms with Gasteiger partial charge in [0.25, 0.3) is 5.91 Å². The van der Waals surface area contributed by atoms with Crippen LogP contribution in [-0.2, 0) is 27.7 Å². The molecule has 166 valence electrons. The van der Waals surface area contributed by atoms with Gasteiger partial charge in [-0.3, -0.25) is 9.10 Å². The van der Waals surface area contributed by atoms with Crippen LogP contribution in [0, 0.1) is 6.92 Å². The van der Waals surface area contributed by atoms with Crippen molar-refractivity contribution in [2.75, 3.05) is 17.1 Å². The molecule has 1 amide bonds. The summed E-state index contributed by atoms with van der Waals surface area (Å²) in [6, 6.07) is 11.7. The minimum Gasteiger partial charge on any atom is -0.476 e. The summed E-state index contributed by atoms with van der Waals surface area (Å²) in [5, 5.41) is 3.09. The van der Waals surface area contributed by atoms with Gasteiger partial charge in [-0.15, -0.1) is 0 Å². The van der Waals surface area contributed by atoms with E-state index in [1.54, 1.807) is 12.1 Å². The fourth-order valence-corrected chi connectivity index (χ4v) is 5.38. The Morgan fingerprint density at radius 3 is 2.61 bits per heavy atom. The standard InChI is InChI=1S/C24H30N2O4S/c1-4-20(19-11-10-17-7-5-6-8-18(17)14-19)25-24(27)23-15-26(31(3,28)29)21-12-9-16(2)13-22(21)30-23/h9-14,20,23H,4-8,15H2,1-3H3,(H,25,27)/t20-,23+/m1/s1. The van der Waals surface area contributed by atoms with Crippen molar-refractivity contribution in [3.63, 3.8) is 0 Å². The maximum atomic E-state index is 13.1. The lowest BCUT2D eigenvalue weighted by Crippen LogP contribution is -2.51. The molecule has 1 heterocycles. The zero-order valence-corrected chi connectivity index (χ0v) is 19.2. The number of benzene rings is 2. The Morgan fingerprint density at radius 2 is 1.90 bits per heavy atom. The van der Waals surface area contributed by atoms with Crippen LogP contribution >= 0.6 is 0 Å². The minimum absolute atomic E-state index is 0.0403. The molecule has 2 aromatic rings. The zero-order chi connectivity index (χ0) is 22.2. The third-order valence-electron chi connectivity index (χ3n) is 6.18. The Kier molecular flexibility index (Phi) is 5.97. The number of rotatable bonds is 5. The quantitative estimate of drug-likeness (QED) is 0.767. The third kappa shape index (κ3) is 4.56. The maximum Gasteiger partial charge on any atom is 0.263 e. The van der Waals surface area contributed by atoms with E-state index < -0.39 is 16.1 Å². The molecule has 0 spiro atoms. The minimum atomic E-state index is -3.54. The number of amides is 1. The van der Waals surface area contributed by atoms with Crippen LogP contribution in [0.2, 0.25) is 0 Å². The Morgan fingerprint density at radius 1 is 1.16 bits per heavy atom. The Hall–Kier alpha value is -2.54. The molecule has 0 saturated heterocycles. The molecule has 0 radical (unpaired) electrons. The first-order valence-electron chi connectivity index (χ1n) is 10.9. The molecule has 0 saturated carbocycles. The van der Waals surface area contributed by atoms with E-state index in [0.29, 0.717) is 11.4 Å². The van der Waals surface area contributed by atoms with Gasteiger partial charge < -0.3 is 10.1 Å². The molecule has 4 rings (SSSR count). The second-order valence-electron chi connectivity index (χ2n) is 8.58. The summed E-state index contributed by atoms with van der Waals surface area (Å²) >= 11 is 0. The second kappa shape index (κ2) is 8.54. The van der Waals surface area contributed by atoms with Crippen molar-refractivity contribution in [1.82, 2.24) is 5.32 Å². The van der Waals surface area contributed by atoms with Crippen molar-refractivity contribution in [1.29, 1.82) is 0 Å². The van der Waals surface area contributed by atoms with Gasteiger partial charge in [0.1, 0.15) is 5.75 Å². The van der Waals surface area contributed by atoms with Gasteiger partial charge in [-0.1, -0.05) is 31.2 Å². The van der Waals surface area contributed by atoms with Gasteiger partial charge in [-0.2, -0.15) is 0 Å². The number of nitrogens with one attached hydrogen (secondary N) is 1. The third-order valence-corrected chi connectivity index (χ3v) is 7.32. The lowest BCUT2D eigenvalue weighted by molar-refractivity contribution is -0.128. The number of ether oxygens (including phenoxy) is 1. The fourth-order valence-electron chi connectivity index (χ4n) is 4.47. The molecule has 7 heteroatoms. The highest BCUT2D eigenvalue weighted by molar-refractivity contribution is 7.92. The summed E-state index contributed by atoms with van der Waals surface area (Å²) in [5.41, 5.74) is 5.27. The van der Waals surface area contributed by atoms with Gasteiger partial charge in [-0.05, 0) is 73.4 Å². The van der Waals surface area contributed by atoms with E-state index >= 15 is 0 Å². The van der Waals surface area contributed by atoms with E-state index in [1.807, 2.05) is 19.9 Å². The van der Waals surface area contributed by atoms with Gasteiger partial charge in [0.15, 0.2) is 6.10 Å². The van der Waals surface area contributed by atoms with E-state index in [9.17, 15) is 13.2 Å². The molecular formula is C24H30N2O4S. The number of carbonyl (C=O) groups excluding carboxylic acids is 1. The summed E-state index contributed by atoms with van der Waals surface area (Å²) in [7, 11) is -3.54. The molecule has 2 atom stereocenters. The molecule has 31 heavy (non-hydrogen) atoms.